The molecule has 0 heterocycles. The summed E-state index contributed by atoms with van der Waals surface area (Å²) in [4.78, 5) is 20.2. The van der Waals surface area contributed by atoms with Crippen molar-refractivity contribution in [3.8, 4) is 12.3 Å². The van der Waals surface area contributed by atoms with Crippen molar-refractivity contribution in [1.82, 2.24) is 5.32 Å². The van der Waals surface area contributed by atoms with Crippen LogP contribution >= 0.6 is 0 Å². The largest absolute Gasteiger partial charge is 0.299 e. The third-order valence-electron chi connectivity index (χ3n) is 2.62. The number of nitro groups is 2. The molecule has 100 valence electrons. The van der Waals surface area contributed by atoms with Gasteiger partial charge in [0, 0.05) is 18.2 Å². The number of hydrogen-bond donors (Lipinski definition) is 1. The quantitative estimate of drug-likeness (QED) is 0.481. The van der Waals surface area contributed by atoms with E-state index >= 15 is 0 Å². The number of nitrogens with one attached hydrogen (secondary N) is 1. The highest BCUT2D eigenvalue weighted by Gasteiger charge is 2.19. The second-order valence-corrected chi connectivity index (χ2v) is 3.84. The van der Waals surface area contributed by atoms with Crippen LogP contribution < -0.4 is 5.32 Å². The molecule has 19 heavy (non-hydrogen) atoms. The first-order valence-electron chi connectivity index (χ1n) is 5.60. The summed E-state index contributed by atoms with van der Waals surface area (Å²) in [5.74, 6) is 2.51. The number of rotatable bonds is 6. The fraction of sp³-hybridized carbons (Fsp3) is 0.333. The number of benzene rings is 1. The molecule has 0 amide bonds. The number of terminal acetylenes is 1. The summed E-state index contributed by atoms with van der Waals surface area (Å²) < 4.78 is 0. The van der Waals surface area contributed by atoms with E-state index in [0.29, 0.717) is 12.0 Å². The number of non-ortho nitro benzene ring substituents is 1. The van der Waals surface area contributed by atoms with Gasteiger partial charge >= 0.3 is 0 Å². The van der Waals surface area contributed by atoms with Gasteiger partial charge in [-0.05, 0) is 12.5 Å². The normalized spacial score (nSPS) is 11.6. The molecule has 1 unspecified atom stereocenters. The van der Waals surface area contributed by atoms with Crippen LogP contribution in [0.5, 0.6) is 0 Å². The summed E-state index contributed by atoms with van der Waals surface area (Å²) in [6, 6.07) is 3.37. The number of nitrogens with zero attached hydrogens (tertiary/aromatic N) is 2. The Kier molecular flexibility index (Phi) is 4.97. The third-order valence-corrected chi connectivity index (χ3v) is 2.62. The Hall–Kier alpha value is -2.46. The fourth-order valence-corrected chi connectivity index (χ4v) is 1.54. The molecule has 7 heteroatoms. The molecule has 7 nitrogen and oxygen atoms in total. The maximum Gasteiger partial charge on any atom is 0.280 e. The average Bonchev–Trinajstić information content (AvgIpc) is 2.39. The molecule has 0 saturated carbocycles. The van der Waals surface area contributed by atoms with Gasteiger partial charge in [0.05, 0.1) is 22.0 Å². The topological polar surface area (TPSA) is 98.3 Å². The average molecular weight is 263 g/mol. The molecule has 0 spiro atoms. The molecular formula is C12H13N3O4. The zero-order valence-corrected chi connectivity index (χ0v) is 10.3. The molecule has 0 bridgehead atoms. The van der Waals surface area contributed by atoms with Crippen LogP contribution in [0.2, 0.25) is 0 Å². The van der Waals surface area contributed by atoms with Crippen LogP contribution in [0.1, 0.15) is 18.9 Å². The molecule has 0 aliphatic carbocycles. The molecule has 0 saturated heterocycles. The Bertz CT molecular complexity index is 536. The smallest absolute Gasteiger partial charge is 0.280 e. The fourth-order valence-electron chi connectivity index (χ4n) is 1.54. The SMILES string of the molecule is C#CC(CC)NCc1ccc([N+](=O)[O-])cc1[N+](=O)[O-]. The van der Waals surface area contributed by atoms with E-state index in [9.17, 15) is 20.2 Å². The second-order valence-electron chi connectivity index (χ2n) is 3.84. The van der Waals surface area contributed by atoms with Crippen LogP contribution in [0.4, 0.5) is 11.4 Å². The van der Waals surface area contributed by atoms with Gasteiger partial charge in [-0.1, -0.05) is 12.8 Å². The van der Waals surface area contributed by atoms with E-state index in [1.807, 2.05) is 6.92 Å². The van der Waals surface area contributed by atoms with E-state index < -0.39 is 9.85 Å². The van der Waals surface area contributed by atoms with Crippen LogP contribution in [-0.2, 0) is 6.54 Å². The zero-order valence-electron chi connectivity index (χ0n) is 10.3. The van der Waals surface area contributed by atoms with Crippen LogP contribution in [0.25, 0.3) is 0 Å². The molecule has 0 radical (unpaired) electrons. The van der Waals surface area contributed by atoms with Gasteiger partial charge in [0.25, 0.3) is 11.4 Å². The number of nitro benzene ring substituents is 2. The third kappa shape index (κ3) is 3.76. The lowest BCUT2D eigenvalue weighted by Crippen LogP contribution is -2.26. The van der Waals surface area contributed by atoms with Crippen molar-refractivity contribution in [3.05, 3.63) is 44.0 Å². The molecule has 0 fully saturated rings. The van der Waals surface area contributed by atoms with Gasteiger partial charge in [0.1, 0.15) is 0 Å². The molecule has 1 aromatic carbocycles. The highest BCUT2D eigenvalue weighted by Crippen LogP contribution is 2.24. The lowest BCUT2D eigenvalue weighted by atomic mass is 10.1. The molecule has 1 atom stereocenters. The highest BCUT2D eigenvalue weighted by molar-refractivity contribution is 5.49. The molecule has 0 aliphatic heterocycles. The summed E-state index contributed by atoms with van der Waals surface area (Å²) in [7, 11) is 0. The van der Waals surface area contributed by atoms with Crippen molar-refractivity contribution in [1.29, 1.82) is 0 Å². The minimum atomic E-state index is -0.666. The van der Waals surface area contributed by atoms with Gasteiger partial charge in [-0.2, -0.15) is 0 Å². The highest BCUT2D eigenvalue weighted by atomic mass is 16.6. The van der Waals surface area contributed by atoms with Gasteiger partial charge in [0.15, 0.2) is 0 Å². The van der Waals surface area contributed by atoms with E-state index in [1.54, 1.807) is 0 Å². The lowest BCUT2D eigenvalue weighted by molar-refractivity contribution is -0.394. The second kappa shape index (κ2) is 6.47. The molecule has 0 aliphatic rings. The van der Waals surface area contributed by atoms with Crippen LogP contribution in [0.3, 0.4) is 0 Å². The molecule has 1 aromatic rings. The summed E-state index contributed by atoms with van der Waals surface area (Å²) in [5, 5.41) is 24.5. The van der Waals surface area contributed by atoms with Gasteiger partial charge in [-0.25, -0.2) is 0 Å². The first kappa shape index (κ1) is 14.6. The van der Waals surface area contributed by atoms with Crippen molar-refractivity contribution in [3.63, 3.8) is 0 Å². The van der Waals surface area contributed by atoms with E-state index in [-0.39, 0.29) is 24.0 Å². The van der Waals surface area contributed by atoms with E-state index in [2.05, 4.69) is 11.2 Å². The van der Waals surface area contributed by atoms with Gasteiger partial charge in [-0.3, -0.25) is 25.5 Å². The van der Waals surface area contributed by atoms with E-state index in [4.69, 9.17) is 6.42 Å². The predicted octanol–water partition coefficient (Wildman–Crippen LogP) is 2.00. The zero-order chi connectivity index (χ0) is 14.4. The van der Waals surface area contributed by atoms with Crippen molar-refractivity contribution >= 4 is 11.4 Å². The Morgan fingerprint density at radius 1 is 1.37 bits per heavy atom. The van der Waals surface area contributed by atoms with Crippen LogP contribution in [0, 0.1) is 32.6 Å². The first-order chi connectivity index (χ1) is 8.99. The monoisotopic (exact) mass is 263 g/mol. The maximum atomic E-state index is 10.9. The van der Waals surface area contributed by atoms with E-state index in [1.165, 1.54) is 12.1 Å². The molecule has 1 rings (SSSR count). The minimum absolute atomic E-state index is 0.185. The first-order valence-corrected chi connectivity index (χ1v) is 5.60. The predicted molar refractivity (Wildman–Crippen MR) is 69.5 cm³/mol. The minimum Gasteiger partial charge on any atom is -0.299 e. The van der Waals surface area contributed by atoms with Crippen molar-refractivity contribution in [2.24, 2.45) is 0 Å². The Balaban J connectivity index is 2.98. The molecule has 1 N–H and O–H groups in total. The summed E-state index contributed by atoms with van der Waals surface area (Å²) in [6.45, 7) is 2.08. The standard InChI is InChI=1S/C12H13N3O4/c1-3-10(4-2)13-8-9-5-6-11(14(16)17)7-12(9)15(18)19/h1,5-7,10,13H,4,8H2,2H3. The van der Waals surface area contributed by atoms with Crippen LogP contribution in [0.15, 0.2) is 18.2 Å². The number of hydrogen-bond acceptors (Lipinski definition) is 5. The van der Waals surface area contributed by atoms with Crippen molar-refractivity contribution < 1.29 is 9.85 Å². The summed E-state index contributed by atoms with van der Waals surface area (Å²) in [5.41, 5.74) is -0.225. The van der Waals surface area contributed by atoms with Gasteiger partial charge in [0.2, 0.25) is 0 Å². The van der Waals surface area contributed by atoms with Gasteiger partial charge < -0.3 is 0 Å². The maximum absolute atomic E-state index is 10.9. The van der Waals surface area contributed by atoms with E-state index in [0.717, 1.165) is 6.07 Å². The van der Waals surface area contributed by atoms with Crippen LogP contribution in [-0.4, -0.2) is 15.9 Å². The summed E-state index contributed by atoms with van der Waals surface area (Å²) in [6.07, 6.45) is 5.97. The van der Waals surface area contributed by atoms with Crippen molar-refractivity contribution in [2.45, 2.75) is 25.9 Å². The Morgan fingerprint density at radius 3 is 2.53 bits per heavy atom. The van der Waals surface area contributed by atoms with Gasteiger partial charge in [-0.15, -0.1) is 6.42 Å². The Labute approximate surface area is 109 Å². The van der Waals surface area contributed by atoms with Crippen molar-refractivity contribution in [2.75, 3.05) is 0 Å². The summed E-state index contributed by atoms with van der Waals surface area (Å²) >= 11 is 0. The Morgan fingerprint density at radius 2 is 2.05 bits per heavy atom. The lowest BCUT2D eigenvalue weighted by Gasteiger charge is -2.10. The molecule has 0 aromatic heterocycles. The molecular weight excluding hydrogens is 250 g/mol.